The summed E-state index contributed by atoms with van der Waals surface area (Å²) in [6.07, 6.45) is 3.84. The van der Waals surface area contributed by atoms with Gasteiger partial charge in [0.15, 0.2) is 0 Å². The molecule has 0 aromatic heterocycles. The van der Waals surface area contributed by atoms with Crippen molar-refractivity contribution in [3.8, 4) is 0 Å². The fourth-order valence-electron chi connectivity index (χ4n) is 2.99. The zero-order valence-electron chi connectivity index (χ0n) is 11.4. The molecule has 1 saturated carbocycles. The molecule has 1 saturated heterocycles. The Bertz CT molecular complexity index is 581. The lowest BCUT2D eigenvalue weighted by Crippen LogP contribution is -2.61. The minimum absolute atomic E-state index is 0.00618. The number of nitrogens with one attached hydrogen (secondary N) is 1. The number of hydrogen-bond acceptors (Lipinski definition) is 2. The smallest absolute Gasteiger partial charge is 0.246 e. The lowest BCUT2D eigenvalue weighted by atomic mass is 9.65. The van der Waals surface area contributed by atoms with Crippen LogP contribution in [0.2, 0.25) is 0 Å². The Balaban J connectivity index is 1.91. The molecule has 0 radical (unpaired) electrons. The van der Waals surface area contributed by atoms with Gasteiger partial charge in [-0.3, -0.25) is 15.0 Å². The summed E-state index contributed by atoms with van der Waals surface area (Å²) in [6.45, 7) is 2.04. The van der Waals surface area contributed by atoms with Crippen molar-refractivity contribution in [1.29, 1.82) is 0 Å². The third-order valence-corrected chi connectivity index (χ3v) is 4.90. The molecule has 0 atom stereocenters. The lowest BCUT2D eigenvalue weighted by molar-refractivity contribution is -0.146. The minimum Gasteiger partial charge on any atom is -0.273 e. The molecule has 1 aliphatic carbocycles. The topological polar surface area (TPSA) is 49.4 Å². The van der Waals surface area contributed by atoms with Gasteiger partial charge in [0.1, 0.15) is 0 Å². The molecular formula is C15H17BrN2O2. The molecule has 0 unspecified atom stereocenters. The molecule has 1 aliphatic heterocycles. The highest BCUT2D eigenvalue weighted by molar-refractivity contribution is 9.10. The van der Waals surface area contributed by atoms with Crippen molar-refractivity contribution in [2.24, 2.45) is 5.41 Å². The van der Waals surface area contributed by atoms with Crippen LogP contribution in [0.1, 0.15) is 38.2 Å². The number of anilines is 1. The Labute approximate surface area is 126 Å². The Hall–Kier alpha value is -1.36. The first-order chi connectivity index (χ1) is 9.55. The Morgan fingerprint density at radius 2 is 2.10 bits per heavy atom. The zero-order chi connectivity index (χ0) is 14.3. The van der Waals surface area contributed by atoms with Crippen LogP contribution in [0.15, 0.2) is 22.7 Å². The maximum absolute atomic E-state index is 12.4. The summed E-state index contributed by atoms with van der Waals surface area (Å²) in [5.41, 5.74) is 4.20. The predicted molar refractivity (Wildman–Crippen MR) is 80.0 cm³/mol. The normalized spacial score (nSPS) is 20.8. The fourth-order valence-corrected chi connectivity index (χ4v) is 3.40. The van der Waals surface area contributed by atoms with E-state index in [-0.39, 0.29) is 11.8 Å². The number of nitrogens with zero attached hydrogens (tertiary/aromatic N) is 1. The SMILES string of the molecule is CCc1cc(Br)ccc1N1NC(=O)C2(CCC2)CC1=O. The van der Waals surface area contributed by atoms with Gasteiger partial charge in [-0.05, 0) is 43.0 Å². The van der Waals surface area contributed by atoms with Gasteiger partial charge < -0.3 is 0 Å². The first kappa shape index (κ1) is 13.6. The van der Waals surface area contributed by atoms with Gasteiger partial charge in [-0.2, -0.15) is 0 Å². The van der Waals surface area contributed by atoms with E-state index >= 15 is 0 Å². The zero-order valence-corrected chi connectivity index (χ0v) is 13.0. The number of benzene rings is 1. The molecule has 4 nitrogen and oxygen atoms in total. The predicted octanol–water partition coefficient (Wildman–Crippen LogP) is 2.95. The minimum atomic E-state index is -0.421. The number of rotatable bonds is 2. The molecule has 2 aliphatic rings. The third kappa shape index (κ3) is 2.04. The van der Waals surface area contributed by atoms with Crippen molar-refractivity contribution in [3.63, 3.8) is 0 Å². The van der Waals surface area contributed by atoms with E-state index in [4.69, 9.17) is 0 Å². The Kier molecular flexibility index (Phi) is 3.32. The number of carbonyl (C=O) groups is 2. The van der Waals surface area contributed by atoms with Crippen molar-refractivity contribution >= 4 is 33.4 Å². The van der Waals surface area contributed by atoms with Crippen molar-refractivity contribution in [2.75, 3.05) is 5.01 Å². The highest BCUT2D eigenvalue weighted by Crippen LogP contribution is 2.46. The monoisotopic (exact) mass is 336 g/mol. The molecule has 3 rings (SSSR count). The standard InChI is InChI=1S/C15H17BrN2O2/c1-2-10-8-11(16)4-5-12(10)18-13(19)9-15(6-3-7-15)14(20)17-18/h4-5,8H,2-3,6-7,9H2,1H3,(H,17,20). The van der Waals surface area contributed by atoms with Gasteiger partial charge in [-0.1, -0.05) is 29.3 Å². The van der Waals surface area contributed by atoms with Gasteiger partial charge in [0.2, 0.25) is 11.8 Å². The first-order valence-corrected chi connectivity index (χ1v) is 7.77. The summed E-state index contributed by atoms with van der Waals surface area (Å²) in [7, 11) is 0. The van der Waals surface area contributed by atoms with Crippen LogP contribution >= 0.6 is 15.9 Å². The van der Waals surface area contributed by atoms with Crippen LogP contribution in [0.4, 0.5) is 5.69 Å². The van der Waals surface area contributed by atoms with E-state index in [1.54, 1.807) is 0 Å². The molecule has 1 aromatic rings. The summed E-state index contributed by atoms with van der Waals surface area (Å²) in [5, 5.41) is 1.43. The lowest BCUT2D eigenvalue weighted by Gasteiger charge is -2.45. The first-order valence-electron chi connectivity index (χ1n) is 6.98. The summed E-state index contributed by atoms with van der Waals surface area (Å²) in [4.78, 5) is 24.7. The highest BCUT2D eigenvalue weighted by atomic mass is 79.9. The van der Waals surface area contributed by atoms with Crippen LogP contribution in [0.5, 0.6) is 0 Å². The van der Waals surface area contributed by atoms with Gasteiger partial charge in [-0.15, -0.1) is 0 Å². The summed E-state index contributed by atoms with van der Waals surface area (Å²) >= 11 is 3.44. The molecule has 2 fully saturated rings. The second-order valence-corrected chi connectivity index (χ2v) is 6.52. The molecule has 5 heteroatoms. The Morgan fingerprint density at radius 1 is 1.35 bits per heavy atom. The molecule has 1 aromatic carbocycles. The van der Waals surface area contributed by atoms with Crippen LogP contribution in [0.25, 0.3) is 0 Å². The van der Waals surface area contributed by atoms with Crippen LogP contribution in [0.3, 0.4) is 0 Å². The molecule has 0 bridgehead atoms. The van der Waals surface area contributed by atoms with E-state index in [9.17, 15) is 9.59 Å². The number of amides is 2. The van der Waals surface area contributed by atoms with Crippen LogP contribution in [0, 0.1) is 5.41 Å². The number of hydrazine groups is 1. The molecule has 20 heavy (non-hydrogen) atoms. The van der Waals surface area contributed by atoms with E-state index in [2.05, 4.69) is 21.4 Å². The van der Waals surface area contributed by atoms with E-state index < -0.39 is 5.41 Å². The summed E-state index contributed by atoms with van der Waals surface area (Å²) in [5.74, 6) is -0.0188. The average molecular weight is 337 g/mol. The maximum atomic E-state index is 12.4. The van der Waals surface area contributed by atoms with E-state index in [0.29, 0.717) is 6.42 Å². The van der Waals surface area contributed by atoms with Crippen LogP contribution < -0.4 is 10.4 Å². The molecule has 106 valence electrons. The molecule has 1 N–H and O–H groups in total. The molecule has 1 heterocycles. The molecular weight excluding hydrogens is 320 g/mol. The van der Waals surface area contributed by atoms with Crippen molar-refractivity contribution in [2.45, 2.75) is 39.0 Å². The van der Waals surface area contributed by atoms with E-state index in [1.165, 1.54) is 5.01 Å². The van der Waals surface area contributed by atoms with E-state index in [1.807, 2.05) is 25.1 Å². The largest absolute Gasteiger partial charge is 0.273 e. The van der Waals surface area contributed by atoms with Crippen LogP contribution in [-0.2, 0) is 16.0 Å². The van der Waals surface area contributed by atoms with Crippen molar-refractivity contribution in [1.82, 2.24) is 5.43 Å². The number of hydrogen-bond donors (Lipinski definition) is 1. The second-order valence-electron chi connectivity index (χ2n) is 5.61. The van der Waals surface area contributed by atoms with Gasteiger partial charge in [0, 0.05) is 10.9 Å². The molecule has 2 amide bonds. The Morgan fingerprint density at radius 3 is 2.70 bits per heavy atom. The maximum Gasteiger partial charge on any atom is 0.246 e. The fraction of sp³-hybridized carbons (Fsp3) is 0.467. The van der Waals surface area contributed by atoms with E-state index in [0.717, 1.165) is 41.4 Å². The third-order valence-electron chi connectivity index (χ3n) is 4.41. The van der Waals surface area contributed by atoms with Gasteiger partial charge >= 0.3 is 0 Å². The summed E-state index contributed by atoms with van der Waals surface area (Å²) < 4.78 is 0.976. The van der Waals surface area contributed by atoms with Gasteiger partial charge in [0.25, 0.3) is 0 Å². The quantitative estimate of drug-likeness (QED) is 0.902. The number of carbonyl (C=O) groups excluding carboxylic acids is 2. The summed E-state index contributed by atoms with van der Waals surface area (Å²) in [6, 6.07) is 5.75. The average Bonchev–Trinajstić information content (AvgIpc) is 2.39. The van der Waals surface area contributed by atoms with Gasteiger partial charge in [-0.25, -0.2) is 5.01 Å². The number of halogens is 1. The van der Waals surface area contributed by atoms with Crippen molar-refractivity contribution < 1.29 is 9.59 Å². The van der Waals surface area contributed by atoms with Crippen LogP contribution in [-0.4, -0.2) is 11.8 Å². The van der Waals surface area contributed by atoms with Crippen molar-refractivity contribution in [3.05, 3.63) is 28.2 Å². The molecule has 1 spiro atoms. The van der Waals surface area contributed by atoms with Gasteiger partial charge in [0.05, 0.1) is 11.1 Å². The second kappa shape index (κ2) is 4.88. The number of aryl methyl sites for hydroxylation is 1. The highest BCUT2D eigenvalue weighted by Gasteiger charge is 2.50.